The average Bonchev–Trinajstić information content (AvgIpc) is 2.37. The number of halogens is 1. The van der Waals surface area contributed by atoms with Crippen molar-refractivity contribution in [2.45, 2.75) is 13.3 Å². The van der Waals surface area contributed by atoms with E-state index < -0.39 is 6.09 Å². The second-order valence-corrected chi connectivity index (χ2v) is 5.26. The minimum absolute atomic E-state index is 0.0182. The maximum absolute atomic E-state index is 11.8. The molecule has 1 aliphatic rings. The van der Waals surface area contributed by atoms with E-state index in [9.17, 15) is 9.59 Å². The third-order valence-corrected chi connectivity index (χ3v) is 3.70. The first-order chi connectivity index (χ1) is 9.06. The Kier molecular flexibility index (Phi) is 4.42. The highest BCUT2D eigenvalue weighted by molar-refractivity contribution is 9.10. The van der Waals surface area contributed by atoms with Crippen molar-refractivity contribution in [3.63, 3.8) is 0 Å². The highest BCUT2D eigenvalue weighted by atomic mass is 79.9. The van der Waals surface area contributed by atoms with Crippen LogP contribution in [-0.2, 0) is 9.53 Å². The molecule has 1 fully saturated rings. The molecule has 1 N–H and O–H groups in total. The molecule has 19 heavy (non-hydrogen) atoms. The number of carbonyl (C=O) groups is 2. The second kappa shape index (κ2) is 6.06. The number of benzene rings is 1. The van der Waals surface area contributed by atoms with Gasteiger partial charge in [0.05, 0.1) is 6.61 Å². The number of ether oxygens (including phenoxy) is 1. The van der Waals surface area contributed by atoms with Gasteiger partial charge in [-0.25, -0.2) is 4.79 Å². The summed E-state index contributed by atoms with van der Waals surface area (Å²) in [5.74, 6) is -0.227. The topological polar surface area (TPSA) is 58.6 Å². The summed E-state index contributed by atoms with van der Waals surface area (Å²) >= 11 is 3.41. The van der Waals surface area contributed by atoms with Crippen molar-refractivity contribution in [2.24, 2.45) is 0 Å². The fraction of sp³-hybridized carbons (Fsp3) is 0.385. The quantitative estimate of drug-likeness (QED) is 0.928. The molecule has 1 saturated heterocycles. The number of amides is 2. The minimum atomic E-state index is -0.425. The molecule has 0 aromatic heterocycles. The number of cyclic esters (lactones) is 1. The third kappa shape index (κ3) is 3.70. The molecular formula is C13H15BrN2O3. The standard InChI is InChI=1S/C13H15BrN2O3/c1-9-3-4-10(7-11(9)14)15-12(17)8-16-5-2-6-19-13(16)18/h3-4,7H,2,5-6,8H2,1H3,(H,15,17). The monoisotopic (exact) mass is 326 g/mol. The normalized spacial score (nSPS) is 15.1. The number of carbonyl (C=O) groups excluding carboxylic acids is 2. The number of rotatable bonds is 3. The fourth-order valence-electron chi connectivity index (χ4n) is 1.79. The van der Waals surface area contributed by atoms with Crippen molar-refractivity contribution in [1.82, 2.24) is 4.90 Å². The molecule has 1 aromatic rings. The van der Waals surface area contributed by atoms with Gasteiger partial charge in [-0.15, -0.1) is 0 Å². The molecule has 102 valence electrons. The molecule has 6 heteroatoms. The van der Waals surface area contributed by atoms with Crippen LogP contribution in [0.4, 0.5) is 10.5 Å². The first-order valence-electron chi connectivity index (χ1n) is 6.04. The van der Waals surface area contributed by atoms with E-state index in [1.807, 2.05) is 25.1 Å². The second-order valence-electron chi connectivity index (χ2n) is 4.40. The summed E-state index contributed by atoms with van der Waals surface area (Å²) in [6, 6.07) is 5.57. The van der Waals surface area contributed by atoms with E-state index in [1.54, 1.807) is 0 Å². The average molecular weight is 327 g/mol. The third-order valence-electron chi connectivity index (χ3n) is 2.85. The van der Waals surface area contributed by atoms with E-state index in [0.29, 0.717) is 18.8 Å². The molecule has 0 spiro atoms. The summed E-state index contributed by atoms with van der Waals surface area (Å²) in [7, 11) is 0. The van der Waals surface area contributed by atoms with Gasteiger partial charge in [-0.2, -0.15) is 0 Å². The van der Waals surface area contributed by atoms with Gasteiger partial charge in [0.1, 0.15) is 6.54 Å². The van der Waals surface area contributed by atoms with Gasteiger partial charge in [-0.3, -0.25) is 9.69 Å². The Bertz CT molecular complexity index is 505. The van der Waals surface area contributed by atoms with Gasteiger partial charge in [0, 0.05) is 16.7 Å². The zero-order chi connectivity index (χ0) is 13.8. The summed E-state index contributed by atoms with van der Waals surface area (Å²) in [6.07, 6.45) is 0.334. The van der Waals surface area contributed by atoms with Crippen molar-refractivity contribution in [3.05, 3.63) is 28.2 Å². The molecule has 1 aliphatic heterocycles. The van der Waals surface area contributed by atoms with Crippen LogP contribution in [-0.4, -0.2) is 36.6 Å². The van der Waals surface area contributed by atoms with Crippen molar-refractivity contribution in [1.29, 1.82) is 0 Å². The molecular weight excluding hydrogens is 312 g/mol. The summed E-state index contributed by atoms with van der Waals surface area (Å²) in [4.78, 5) is 24.6. The van der Waals surface area contributed by atoms with Crippen LogP contribution >= 0.6 is 15.9 Å². The lowest BCUT2D eigenvalue weighted by Gasteiger charge is -2.25. The highest BCUT2D eigenvalue weighted by Gasteiger charge is 2.21. The van der Waals surface area contributed by atoms with E-state index in [-0.39, 0.29) is 12.5 Å². The number of hydrogen-bond donors (Lipinski definition) is 1. The molecule has 0 aliphatic carbocycles. The van der Waals surface area contributed by atoms with E-state index >= 15 is 0 Å². The van der Waals surface area contributed by atoms with Gasteiger partial charge in [0.15, 0.2) is 0 Å². The number of aryl methyl sites for hydroxylation is 1. The Hall–Kier alpha value is -1.56. The van der Waals surface area contributed by atoms with Crippen molar-refractivity contribution in [3.8, 4) is 0 Å². The Morgan fingerprint density at radius 2 is 2.32 bits per heavy atom. The molecule has 0 bridgehead atoms. The first kappa shape index (κ1) is 13.9. The van der Waals surface area contributed by atoms with Crippen molar-refractivity contribution < 1.29 is 14.3 Å². The first-order valence-corrected chi connectivity index (χ1v) is 6.83. The molecule has 0 atom stereocenters. The Morgan fingerprint density at radius 1 is 1.53 bits per heavy atom. The Morgan fingerprint density at radius 3 is 3.00 bits per heavy atom. The van der Waals surface area contributed by atoms with Crippen LogP contribution in [0.1, 0.15) is 12.0 Å². The van der Waals surface area contributed by atoms with Crippen LogP contribution in [0, 0.1) is 6.92 Å². The lowest BCUT2D eigenvalue weighted by atomic mass is 10.2. The number of nitrogens with zero attached hydrogens (tertiary/aromatic N) is 1. The maximum atomic E-state index is 11.8. The molecule has 0 unspecified atom stereocenters. The minimum Gasteiger partial charge on any atom is -0.449 e. The number of hydrogen-bond acceptors (Lipinski definition) is 3. The highest BCUT2D eigenvalue weighted by Crippen LogP contribution is 2.20. The Labute approximate surface area is 120 Å². The van der Waals surface area contributed by atoms with Gasteiger partial charge >= 0.3 is 6.09 Å². The van der Waals surface area contributed by atoms with Crippen LogP contribution in [0.3, 0.4) is 0 Å². The van der Waals surface area contributed by atoms with E-state index in [1.165, 1.54) is 4.90 Å². The SMILES string of the molecule is Cc1ccc(NC(=O)CN2CCCOC2=O)cc1Br. The number of anilines is 1. The van der Waals surface area contributed by atoms with E-state index in [2.05, 4.69) is 21.2 Å². The summed E-state index contributed by atoms with van der Waals surface area (Å²) in [5.41, 5.74) is 1.80. The van der Waals surface area contributed by atoms with Crippen molar-refractivity contribution in [2.75, 3.05) is 25.0 Å². The predicted molar refractivity (Wildman–Crippen MR) is 75.0 cm³/mol. The van der Waals surface area contributed by atoms with Gasteiger partial charge in [-0.05, 0) is 31.0 Å². The molecule has 1 heterocycles. The largest absolute Gasteiger partial charge is 0.449 e. The summed E-state index contributed by atoms with van der Waals surface area (Å²) in [6.45, 7) is 2.98. The van der Waals surface area contributed by atoms with Crippen LogP contribution in [0.15, 0.2) is 22.7 Å². The predicted octanol–water partition coefficient (Wildman–Crippen LogP) is 2.54. The lowest BCUT2D eigenvalue weighted by Crippen LogP contribution is -2.42. The van der Waals surface area contributed by atoms with Crippen LogP contribution < -0.4 is 5.32 Å². The number of nitrogens with one attached hydrogen (secondary N) is 1. The lowest BCUT2D eigenvalue weighted by molar-refractivity contribution is -0.117. The maximum Gasteiger partial charge on any atom is 0.410 e. The zero-order valence-corrected chi connectivity index (χ0v) is 12.2. The van der Waals surface area contributed by atoms with Crippen LogP contribution in [0.5, 0.6) is 0 Å². The zero-order valence-electron chi connectivity index (χ0n) is 10.6. The smallest absolute Gasteiger partial charge is 0.410 e. The molecule has 0 radical (unpaired) electrons. The summed E-state index contributed by atoms with van der Waals surface area (Å²) < 4.78 is 5.81. The molecule has 2 amide bonds. The molecule has 2 rings (SSSR count). The molecule has 0 saturated carbocycles. The Balaban J connectivity index is 1.93. The van der Waals surface area contributed by atoms with Crippen molar-refractivity contribution >= 4 is 33.6 Å². The molecule has 1 aromatic carbocycles. The van der Waals surface area contributed by atoms with Crippen LogP contribution in [0.2, 0.25) is 0 Å². The van der Waals surface area contributed by atoms with E-state index in [0.717, 1.165) is 16.5 Å². The van der Waals surface area contributed by atoms with Gasteiger partial charge in [0.25, 0.3) is 0 Å². The molecule has 5 nitrogen and oxygen atoms in total. The van der Waals surface area contributed by atoms with Gasteiger partial charge < -0.3 is 10.1 Å². The van der Waals surface area contributed by atoms with Crippen LogP contribution in [0.25, 0.3) is 0 Å². The summed E-state index contributed by atoms with van der Waals surface area (Å²) in [5, 5.41) is 2.76. The fourth-order valence-corrected chi connectivity index (χ4v) is 2.16. The van der Waals surface area contributed by atoms with Gasteiger partial charge in [-0.1, -0.05) is 22.0 Å². The van der Waals surface area contributed by atoms with E-state index in [4.69, 9.17) is 4.74 Å². The van der Waals surface area contributed by atoms with Gasteiger partial charge in [0.2, 0.25) is 5.91 Å².